The van der Waals surface area contributed by atoms with Gasteiger partial charge in [-0.25, -0.2) is 5.01 Å². The minimum Gasteiger partial charge on any atom is -0.292 e. The quantitative estimate of drug-likeness (QED) is 0.119. The molecule has 0 unspecified atom stereocenters. The third-order valence-electron chi connectivity index (χ3n) is 5.69. The van der Waals surface area contributed by atoms with Crippen molar-refractivity contribution in [2.75, 3.05) is 5.88 Å². The lowest BCUT2D eigenvalue weighted by Gasteiger charge is -2.35. The first kappa shape index (κ1) is 26.3. The lowest BCUT2D eigenvalue weighted by Crippen LogP contribution is -2.57. The van der Waals surface area contributed by atoms with Crippen molar-refractivity contribution in [1.82, 2.24) is 10.0 Å². The second-order valence-corrected chi connectivity index (χ2v) is 9.15. The summed E-state index contributed by atoms with van der Waals surface area (Å²) < 4.78 is 0. The number of nitro groups is 1. The van der Waals surface area contributed by atoms with E-state index in [0.717, 1.165) is 11.1 Å². The number of Topliss-reactive ketones (excluding diaryl/α,β-unsaturated/α-hetero) is 1. The van der Waals surface area contributed by atoms with Crippen LogP contribution in [0.3, 0.4) is 0 Å². The summed E-state index contributed by atoms with van der Waals surface area (Å²) in [5, 5.41) is 13.5. The third kappa shape index (κ3) is 4.93. The van der Waals surface area contributed by atoms with E-state index >= 15 is 0 Å². The van der Waals surface area contributed by atoms with Gasteiger partial charge in [0.2, 0.25) is 0 Å². The number of nitrogens with zero attached hydrogens (tertiary/aromatic N) is 3. The van der Waals surface area contributed by atoms with Gasteiger partial charge in [-0.15, -0.1) is 11.6 Å². The van der Waals surface area contributed by atoms with Gasteiger partial charge in [0.15, 0.2) is 5.78 Å². The van der Waals surface area contributed by atoms with Gasteiger partial charge < -0.3 is 0 Å². The van der Waals surface area contributed by atoms with E-state index < -0.39 is 45.7 Å². The van der Waals surface area contributed by atoms with Crippen LogP contribution in [0.5, 0.6) is 0 Å². The molecule has 0 spiro atoms. The molecule has 0 aliphatic carbocycles. The lowest BCUT2D eigenvalue weighted by atomic mass is 10.0. The van der Waals surface area contributed by atoms with Crippen molar-refractivity contribution in [2.45, 2.75) is 12.5 Å². The predicted molar refractivity (Wildman–Crippen MR) is 136 cm³/mol. The second-order valence-electron chi connectivity index (χ2n) is 7.90. The lowest BCUT2D eigenvalue weighted by molar-refractivity contribution is -0.385. The molecule has 188 valence electrons. The molecule has 0 radical (unpaired) electrons. The van der Waals surface area contributed by atoms with E-state index in [1.165, 1.54) is 60.7 Å². The number of carbonyl (C=O) groups excluding carboxylic acids is 4. The van der Waals surface area contributed by atoms with E-state index in [-0.39, 0.29) is 29.0 Å². The van der Waals surface area contributed by atoms with Gasteiger partial charge in [0.1, 0.15) is 11.6 Å². The van der Waals surface area contributed by atoms with Crippen LogP contribution in [0.2, 0.25) is 10.0 Å². The van der Waals surface area contributed by atoms with Crippen LogP contribution in [-0.2, 0) is 0 Å². The molecule has 3 aromatic rings. The monoisotopic (exact) mass is 559 g/mol. The molecule has 0 bridgehead atoms. The van der Waals surface area contributed by atoms with Gasteiger partial charge >= 0.3 is 0 Å². The van der Waals surface area contributed by atoms with Gasteiger partial charge in [0.25, 0.3) is 23.4 Å². The Morgan fingerprint density at radius 1 is 0.892 bits per heavy atom. The van der Waals surface area contributed by atoms with Crippen molar-refractivity contribution < 1.29 is 24.1 Å². The smallest absolute Gasteiger partial charge is 0.287 e. The number of nitro benzene ring substituents is 1. The summed E-state index contributed by atoms with van der Waals surface area (Å²) in [6.45, 7) is 0. The zero-order valence-electron chi connectivity index (χ0n) is 18.8. The van der Waals surface area contributed by atoms with E-state index in [4.69, 9.17) is 34.8 Å². The molecule has 0 saturated carbocycles. The summed E-state index contributed by atoms with van der Waals surface area (Å²) in [7, 11) is 0. The Kier molecular flexibility index (Phi) is 7.58. The molecule has 12 heteroatoms. The molecular weight excluding hydrogens is 545 g/mol. The van der Waals surface area contributed by atoms with Crippen molar-refractivity contribution in [3.63, 3.8) is 0 Å². The van der Waals surface area contributed by atoms with E-state index in [0.29, 0.717) is 15.1 Å². The highest BCUT2D eigenvalue weighted by Gasteiger charge is 2.48. The van der Waals surface area contributed by atoms with Crippen molar-refractivity contribution in [1.29, 1.82) is 0 Å². The zero-order valence-corrected chi connectivity index (χ0v) is 21.0. The number of imide groups is 1. The SMILES string of the molecule is O=C(c1ccc(Cl)cc1)[C@@H](CCCl)N(C(=O)c1ccc(Cl)cc1)N1C(=O)c2cccc([N+](=O)[O-])c2C1=O. The first-order chi connectivity index (χ1) is 17.6. The number of alkyl halides is 1. The number of halogens is 3. The van der Waals surface area contributed by atoms with Gasteiger partial charge in [-0.05, 0) is 61.0 Å². The van der Waals surface area contributed by atoms with Gasteiger partial charge in [-0.3, -0.25) is 29.3 Å². The van der Waals surface area contributed by atoms with Crippen LogP contribution in [0.15, 0.2) is 66.7 Å². The minimum atomic E-state index is -1.41. The molecule has 3 amide bonds. The fourth-order valence-electron chi connectivity index (χ4n) is 3.97. The molecule has 1 heterocycles. The molecule has 0 N–H and O–H groups in total. The van der Waals surface area contributed by atoms with Gasteiger partial charge in [-0.2, -0.15) is 5.01 Å². The third-order valence-corrected chi connectivity index (χ3v) is 6.41. The number of carbonyl (C=O) groups is 4. The summed E-state index contributed by atoms with van der Waals surface area (Å²) in [5.74, 6) is -3.72. The zero-order chi connectivity index (χ0) is 26.9. The molecule has 1 aliphatic heterocycles. The Hall–Kier alpha value is -3.79. The Labute approximate surface area is 225 Å². The average molecular weight is 561 g/mol. The molecule has 0 aromatic heterocycles. The fraction of sp³-hybridized carbons (Fsp3) is 0.120. The maximum atomic E-state index is 13.8. The molecular formula is C25H16Cl3N3O6. The number of hydrogen-bond acceptors (Lipinski definition) is 6. The van der Waals surface area contributed by atoms with E-state index in [9.17, 15) is 29.3 Å². The number of fused-ring (bicyclic) bond motifs is 1. The first-order valence-electron chi connectivity index (χ1n) is 10.8. The number of amides is 3. The summed E-state index contributed by atoms with van der Waals surface area (Å²) in [6.07, 6.45) is -0.141. The number of benzene rings is 3. The molecule has 0 saturated heterocycles. The van der Waals surface area contributed by atoms with Crippen LogP contribution in [-0.4, -0.2) is 50.4 Å². The standard InChI is InChI=1S/C25H16Cl3N3O6/c26-13-12-20(22(32)14-4-8-16(27)9-5-14)29(23(33)15-6-10-17(28)11-7-15)30-24(34)18-2-1-3-19(31(36)37)21(18)25(30)35/h1-11,20H,12-13H2/t20-/m1/s1. The average Bonchev–Trinajstić information content (AvgIpc) is 3.14. The summed E-state index contributed by atoms with van der Waals surface area (Å²) >= 11 is 17.9. The number of hydrazine groups is 1. The van der Waals surface area contributed by atoms with Gasteiger partial charge in [-0.1, -0.05) is 29.3 Å². The topological polar surface area (TPSA) is 118 Å². The summed E-state index contributed by atoms with van der Waals surface area (Å²) in [5.41, 5.74) is -1.18. The highest BCUT2D eigenvalue weighted by Crippen LogP contribution is 2.34. The van der Waals surface area contributed by atoms with E-state index in [1.807, 2.05) is 0 Å². The molecule has 9 nitrogen and oxygen atoms in total. The van der Waals surface area contributed by atoms with Crippen molar-refractivity contribution in [2.24, 2.45) is 0 Å². The van der Waals surface area contributed by atoms with Gasteiger partial charge in [0.05, 0.1) is 10.5 Å². The van der Waals surface area contributed by atoms with Crippen LogP contribution in [0.1, 0.15) is 47.9 Å². The molecule has 37 heavy (non-hydrogen) atoms. The first-order valence-corrected chi connectivity index (χ1v) is 12.1. The Morgan fingerprint density at radius 2 is 1.46 bits per heavy atom. The highest BCUT2D eigenvalue weighted by atomic mass is 35.5. The second kappa shape index (κ2) is 10.7. The van der Waals surface area contributed by atoms with Crippen LogP contribution in [0.4, 0.5) is 5.69 Å². The highest BCUT2D eigenvalue weighted by molar-refractivity contribution is 6.31. The summed E-state index contributed by atoms with van der Waals surface area (Å²) in [6, 6.07) is 13.6. The fourth-order valence-corrected chi connectivity index (χ4v) is 4.43. The number of ketones is 1. The Bertz CT molecular complexity index is 1430. The summed E-state index contributed by atoms with van der Waals surface area (Å²) in [4.78, 5) is 65.1. The normalized spacial score (nSPS) is 13.3. The minimum absolute atomic E-state index is 0.0129. The van der Waals surface area contributed by atoms with Crippen LogP contribution >= 0.6 is 34.8 Å². The molecule has 1 aliphatic rings. The number of rotatable bonds is 8. The van der Waals surface area contributed by atoms with Crippen molar-refractivity contribution in [3.8, 4) is 0 Å². The van der Waals surface area contributed by atoms with Crippen molar-refractivity contribution in [3.05, 3.63) is 109 Å². The van der Waals surface area contributed by atoms with E-state index in [1.54, 1.807) is 0 Å². The molecule has 3 aromatic carbocycles. The number of hydrogen-bond donors (Lipinski definition) is 0. The molecule has 1 atom stereocenters. The van der Waals surface area contributed by atoms with E-state index in [2.05, 4.69) is 0 Å². The van der Waals surface area contributed by atoms with Crippen LogP contribution in [0.25, 0.3) is 0 Å². The maximum absolute atomic E-state index is 13.8. The Balaban J connectivity index is 1.88. The maximum Gasteiger partial charge on any atom is 0.287 e. The van der Waals surface area contributed by atoms with Gasteiger partial charge in [0, 0.05) is 33.1 Å². The predicted octanol–water partition coefficient (Wildman–Crippen LogP) is 5.44. The molecule has 0 fully saturated rings. The Morgan fingerprint density at radius 3 is 2.00 bits per heavy atom. The van der Waals surface area contributed by atoms with Crippen LogP contribution in [0, 0.1) is 10.1 Å². The largest absolute Gasteiger partial charge is 0.292 e. The van der Waals surface area contributed by atoms with Crippen LogP contribution < -0.4 is 0 Å². The van der Waals surface area contributed by atoms with Crippen molar-refractivity contribution >= 4 is 64.0 Å². The molecule has 4 rings (SSSR count).